The van der Waals surface area contributed by atoms with Crippen molar-refractivity contribution in [2.45, 2.75) is 27.2 Å². The Labute approximate surface area is 44.0 Å². The molecule has 0 aromatic rings. The minimum absolute atomic E-state index is 0.0139. The summed E-state index contributed by atoms with van der Waals surface area (Å²) in [5.74, 6) is 0.0139. The molecule has 0 unspecified atom stereocenters. The van der Waals surface area contributed by atoms with E-state index < -0.39 is 0 Å². The molecule has 0 amide bonds. The first-order chi connectivity index (χ1) is 3.18. The monoisotopic (exact) mass is 102 g/mol. The summed E-state index contributed by atoms with van der Waals surface area (Å²) in [5.41, 5.74) is 0.794. The van der Waals surface area contributed by atoms with E-state index in [2.05, 4.69) is 0 Å². The van der Waals surface area contributed by atoms with Gasteiger partial charge in [-0.2, -0.15) is 0 Å². The molecule has 0 N–H and O–H groups in total. The third-order valence-corrected chi connectivity index (χ3v) is 0.853. The lowest BCUT2D eigenvalue weighted by Crippen LogP contribution is -1.71. The van der Waals surface area contributed by atoms with E-state index in [-0.39, 0.29) is 5.83 Å². The van der Waals surface area contributed by atoms with Gasteiger partial charge < -0.3 is 0 Å². The quantitative estimate of drug-likeness (QED) is 0.477. The van der Waals surface area contributed by atoms with Crippen LogP contribution in [0.5, 0.6) is 0 Å². The van der Waals surface area contributed by atoms with Gasteiger partial charge in [-0.25, -0.2) is 4.39 Å². The maximum absolute atomic E-state index is 12.1. The Hall–Kier alpha value is -0.330. The van der Waals surface area contributed by atoms with Crippen LogP contribution in [0.2, 0.25) is 0 Å². The molecule has 0 heterocycles. The third-order valence-electron chi connectivity index (χ3n) is 0.853. The van der Waals surface area contributed by atoms with Gasteiger partial charge in [0.1, 0.15) is 0 Å². The molecular formula is C6H11F. The van der Waals surface area contributed by atoms with Crippen LogP contribution >= 0.6 is 0 Å². The van der Waals surface area contributed by atoms with Crippen LogP contribution in [0.15, 0.2) is 11.4 Å². The van der Waals surface area contributed by atoms with Gasteiger partial charge in [0, 0.05) is 0 Å². The fraction of sp³-hybridized carbons (Fsp3) is 0.667. The molecule has 0 spiro atoms. The second-order valence-corrected chi connectivity index (χ2v) is 1.76. The highest BCUT2D eigenvalue weighted by molar-refractivity contribution is 4.99. The minimum atomic E-state index is 0.0139. The van der Waals surface area contributed by atoms with Gasteiger partial charge in [0.2, 0.25) is 0 Å². The Morgan fingerprint density at radius 3 is 1.86 bits per heavy atom. The number of allylic oxidation sites excluding steroid dienone is 2. The van der Waals surface area contributed by atoms with E-state index in [9.17, 15) is 4.39 Å². The fourth-order valence-corrected chi connectivity index (χ4v) is 0.354. The van der Waals surface area contributed by atoms with Crippen molar-refractivity contribution < 1.29 is 4.39 Å². The SMILES string of the molecule is CCC(F)=C(C)C. The van der Waals surface area contributed by atoms with E-state index in [1.54, 1.807) is 13.8 Å². The molecule has 7 heavy (non-hydrogen) atoms. The molecule has 42 valence electrons. The predicted octanol–water partition coefficient (Wildman–Crippen LogP) is 2.66. The predicted molar refractivity (Wildman–Crippen MR) is 29.8 cm³/mol. The van der Waals surface area contributed by atoms with Gasteiger partial charge in [-0.15, -0.1) is 0 Å². The summed E-state index contributed by atoms with van der Waals surface area (Å²) in [6.45, 7) is 5.36. The molecule has 0 rings (SSSR count). The van der Waals surface area contributed by atoms with Crippen molar-refractivity contribution in [3.8, 4) is 0 Å². The average Bonchev–Trinajstić information content (AvgIpc) is 1.65. The lowest BCUT2D eigenvalue weighted by molar-refractivity contribution is 0.592. The van der Waals surface area contributed by atoms with E-state index in [0.717, 1.165) is 5.57 Å². The Morgan fingerprint density at radius 1 is 1.43 bits per heavy atom. The summed E-state index contributed by atoms with van der Waals surface area (Å²) >= 11 is 0. The van der Waals surface area contributed by atoms with E-state index >= 15 is 0 Å². The van der Waals surface area contributed by atoms with Crippen LogP contribution in [0.3, 0.4) is 0 Å². The highest BCUT2D eigenvalue weighted by Gasteiger charge is 1.88. The van der Waals surface area contributed by atoms with Gasteiger partial charge in [-0.3, -0.25) is 0 Å². The molecule has 0 radical (unpaired) electrons. The van der Waals surface area contributed by atoms with Crippen molar-refractivity contribution in [2.75, 3.05) is 0 Å². The van der Waals surface area contributed by atoms with Gasteiger partial charge >= 0.3 is 0 Å². The molecule has 1 heteroatoms. The summed E-state index contributed by atoms with van der Waals surface area (Å²) in [6, 6.07) is 0. The molecule has 0 nitrogen and oxygen atoms in total. The molecule has 0 aliphatic carbocycles. The molecule has 0 atom stereocenters. The van der Waals surface area contributed by atoms with Gasteiger partial charge in [-0.05, 0) is 25.8 Å². The molecule has 0 fully saturated rings. The van der Waals surface area contributed by atoms with Crippen molar-refractivity contribution in [1.29, 1.82) is 0 Å². The second-order valence-electron chi connectivity index (χ2n) is 1.76. The Bertz CT molecular complexity index is 78.2. The van der Waals surface area contributed by atoms with Crippen LogP contribution in [0.4, 0.5) is 4.39 Å². The summed E-state index contributed by atoms with van der Waals surface area (Å²) in [4.78, 5) is 0. The fourth-order valence-electron chi connectivity index (χ4n) is 0.354. The van der Waals surface area contributed by atoms with Crippen LogP contribution in [0.25, 0.3) is 0 Å². The van der Waals surface area contributed by atoms with Crippen molar-refractivity contribution >= 4 is 0 Å². The molecule has 0 aromatic carbocycles. The smallest absolute Gasteiger partial charge is 0.0983 e. The zero-order chi connectivity index (χ0) is 5.86. The normalized spacial score (nSPS) is 8.57. The number of rotatable bonds is 1. The lowest BCUT2D eigenvalue weighted by atomic mass is 10.3. The van der Waals surface area contributed by atoms with Gasteiger partial charge in [-0.1, -0.05) is 6.92 Å². The average molecular weight is 102 g/mol. The van der Waals surface area contributed by atoms with Crippen molar-refractivity contribution in [2.24, 2.45) is 0 Å². The standard InChI is InChI=1S/C6H11F/c1-4-6(7)5(2)3/h4H2,1-3H3. The number of hydrogen-bond acceptors (Lipinski definition) is 0. The first-order valence-electron chi connectivity index (χ1n) is 2.50. The Balaban J connectivity index is 3.72. The summed E-state index contributed by atoms with van der Waals surface area (Å²) in [5, 5.41) is 0. The Morgan fingerprint density at radius 2 is 1.86 bits per heavy atom. The second kappa shape index (κ2) is 2.78. The summed E-state index contributed by atoms with van der Waals surface area (Å²) < 4.78 is 12.1. The van der Waals surface area contributed by atoms with Crippen LogP contribution in [0, 0.1) is 0 Å². The molecular weight excluding hydrogens is 91.1 g/mol. The summed E-state index contributed by atoms with van der Waals surface area (Å²) in [6.07, 6.45) is 0.530. The lowest BCUT2D eigenvalue weighted by Gasteiger charge is -1.89. The molecule has 0 bridgehead atoms. The minimum Gasteiger partial charge on any atom is -0.212 e. The maximum Gasteiger partial charge on any atom is 0.0983 e. The zero-order valence-electron chi connectivity index (χ0n) is 5.09. The highest BCUT2D eigenvalue weighted by Crippen LogP contribution is 2.06. The van der Waals surface area contributed by atoms with E-state index in [0.29, 0.717) is 6.42 Å². The number of hydrogen-bond donors (Lipinski definition) is 0. The van der Waals surface area contributed by atoms with Gasteiger partial charge in [0.25, 0.3) is 0 Å². The van der Waals surface area contributed by atoms with Crippen molar-refractivity contribution in [1.82, 2.24) is 0 Å². The molecule has 0 aliphatic rings. The molecule has 0 aliphatic heterocycles. The van der Waals surface area contributed by atoms with Crippen molar-refractivity contribution in [3.63, 3.8) is 0 Å². The van der Waals surface area contributed by atoms with Gasteiger partial charge in [0.15, 0.2) is 0 Å². The van der Waals surface area contributed by atoms with E-state index in [4.69, 9.17) is 0 Å². The Kier molecular flexibility index (Phi) is 2.65. The molecule has 0 saturated heterocycles. The zero-order valence-corrected chi connectivity index (χ0v) is 5.09. The largest absolute Gasteiger partial charge is 0.212 e. The van der Waals surface area contributed by atoms with Crippen LogP contribution < -0.4 is 0 Å². The topological polar surface area (TPSA) is 0 Å². The van der Waals surface area contributed by atoms with E-state index in [1.807, 2.05) is 6.92 Å². The molecule has 0 saturated carbocycles. The highest BCUT2D eigenvalue weighted by atomic mass is 19.1. The van der Waals surface area contributed by atoms with Crippen LogP contribution in [-0.4, -0.2) is 0 Å². The first-order valence-corrected chi connectivity index (χ1v) is 2.50. The van der Waals surface area contributed by atoms with Crippen molar-refractivity contribution in [3.05, 3.63) is 11.4 Å². The van der Waals surface area contributed by atoms with Gasteiger partial charge in [0.05, 0.1) is 5.83 Å². The van der Waals surface area contributed by atoms with E-state index in [1.165, 1.54) is 0 Å². The molecule has 0 aromatic heterocycles. The van der Waals surface area contributed by atoms with Crippen LogP contribution in [-0.2, 0) is 0 Å². The van der Waals surface area contributed by atoms with Crippen LogP contribution in [0.1, 0.15) is 27.2 Å². The number of halogens is 1. The maximum atomic E-state index is 12.1. The first kappa shape index (κ1) is 6.67. The third kappa shape index (κ3) is 2.38. The summed E-state index contributed by atoms with van der Waals surface area (Å²) in [7, 11) is 0.